The van der Waals surface area contributed by atoms with E-state index in [1.165, 1.54) is 16.7 Å². The number of hydrogen-bond donors (Lipinski definition) is 2. The van der Waals surface area contributed by atoms with Gasteiger partial charge in [-0.3, -0.25) is 11.3 Å². The minimum atomic E-state index is 0.151. The molecule has 0 amide bonds. The van der Waals surface area contributed by atoms with E-state index in [0.717, 1.165) is 17.9 Å². The van der Waals surface area contributed by atoms with Gasteiger partial charge in [-0.15, -0.1) is 0 Å². The van der Waals surface area contributed by atoms with E-state index in [1.54, 1.807) is 0 Å². The predicted octanol–water partition coefficient (Wildman–Crippen LogP) is 3.79. The van der Waals surface area contributed by atoms with E-state index in [2.05, 4.69) is 36.6 Å². The standard InChI is InChI=1S/C16H19ClN2/c1-12-3-2-4-13(11-12)5-10-16(19-18)14-6-8-15(17)9-7-14/h2-4,6-9,11,16,19H,5,10,18H2,1H3. The first kappa shape index (κ1) is 14.1. The third-order valence-electron chi connectivity index (χ3n) is 3.28. The highest BCUT2D eigenvalue weighted by molar-refractivity contribution is 6.30. The van der Waals surface area contributed by atoms with Gasteiger partial charge in [0.05, 0.1) is 0 Å². The predicted molar refractivity (Wildman–Crippen MR) is 81.0 cm³/mol. The summed E-state index contributed by atoms with van der Waals surface area (Å²) in [6.45, 7) is 2.11. The second-order valence-electron chi connectivity index (χ2n) is 4.80. The number of halogens is 1. The van der Waals surface area contributed by atoms with Crippen LogP contribution in [0, 0.1) is 6.92 Å². The van der Waals surface area contributed by atoms with Gasteiger partial charge in [0.2, 0.25) is 0 Å². The molecule has 100 valence electrons. The summed E-state index contributed by atoms with van der Waals surface area (Å²) in [6, 6.07) is 16.6. The molecule has 0 aliphatic heterocycles. The Bertz CT molecular complexity index is 523. The number of nitrogens with one attached hydrogen (secondary N) is 1. The average molecular weight is 275 g/mol. The van der Waals surface area contributed by atoms with Crippen LogP contribution < -0.4 is 11.3 Å². The second kappa shape index (κ2) is 6.71. The molecule has 3 N–H and O–H groups in total. The largest absolute Gasteiger partial charge is 0.271 e. The van der Waals surface area contributed by atoms with Crippen molar-refractivity contribution in [2.45, 2.75) is 25.8 Å². The van der Waals surface area contributed by atoms with Crippen LogP contribution in [-0.2, 0) is 6.42 Å². The molecule has 0 aliphatic carbocycles. The van der Waals surface area contributed by atoms with Crippen molar-refractivity contribution in [3.63, 3.8) is 0 Å². The first-order valence-electron chi connectivity index (χ1n) is 6.46. The van der Waals surface area contributed by atoms with Crippen molar-refractivity contribution in [2.75, 3.05) is 0 Å². The average Bonchev–Trinajstić information content (AvgIpc) is 2.41. The van der Waals surface area contributed by atoms with Gasteiger partial charge in [-0.1, -0.05) is 53.6 Å². The second-order valence-corrected chi connectivity index (χ2v) is 5.23. The topological polar surface area (TPSA) is 38.0 Å². The van der Waals surface area contributed by atoms with Gasteiger partial charge in [0, 0.05) is 11.1 Å². The quantitative estimate of drug-likeness (QED) is 0.643. The SMILES string of the molecule is Cc1cccc(CCC(NN)c2ccc(Cl)cc2)c1. The van der Waals surface area contributed by atoms with Gasteiger partial charge in [-0.05, 0) is 43.0 Å². The summed E-state index contributed by atoms with van der Waals surface area (Å²) < 4.78 is 0. The highest BCUT2D eigenvalue weighted by Gasteiger charge is 2.09. The van der Waals surface area contributed by atoms with E-state index in [0.29, 0.717) is 0 Å². The number of hydrazine groups is 1. The molecule has 0 spiro atoms. The summed E-state index contributed by atoms with van der Waals surface area (Å²) >= 11 is 5.90. The molecule has 3 heteroatoms. The Labute approximate surface area is 119 Å². The maximum Gasteiger partial charge on any atom is 0.0463 e. The van der Waals surface area contributed by atoms with Crippen LogP contribution in [0.1, 0.15) is 29.2 Å². The molecule has 2 rings (SSSR count). The Morgan fingerprint density at radius 2 is 1.89 bits per heavy atom. The van der Waals surface area contributed by atoms with Gasteiger partial charge in [-0.25, -0.2) is 0 Å². The molecular weight excluding hydrogens is 256 g/mol. The van der Waals surface area contributed by atoms with Gasteiger partial charge in [0.25, 0.3) is 0 Å². The number of benzene rings is 2. The monoisotopic (exact) mass is 274 g/mol. The zero-order valence-electron chi connectivity index (χ0n) is 11.1. The fourth-order valence-electron chi connectivity index (χ4n) is 2.22. The van der Waals surface area contributed by atoms with Gasteiger partial charge < -0.3 is 0 Å². The summed E-state index contributed by atoms with van der Waals surface area (Å²) in [6.07, 6.45) is 1.96. The van der Waals surface area contributed by atoms with E-state index >= 15 is 0 Å². The number of aryl methyl sites for hydroxylation is 2. The lowest BCUT2D eigenvalue weighted by atomic mass is 9.99. The summed E-state index contributed by atoms with van der Waals surface area (Å²) in [7, 11) is 0. The van der Waals surface area contributed by atoms with E-state index < -0.39 is 0 Å². The van der Waals surface area contributed by atoms with Gasteiger partial charge >= 0.3 is 0 Å². The number of nitrogens with two attached hydrogens (primary N) is 1. The zero-order valence-corrected chi connectivity index (χ0v) is 11.8. The maximum absolute atomic E-state index is 5.90. The minimum absolute atomic E-state index is 0.151. The van der Waals surface area contributed by atoms with Gasteiger partial charge in [-0.2, -0.15) is 0 Å². The maximum atomic E-state index is 5.90. The Balaban J connectivity index is 2.01. The first-order valence-corrected chi connectivity index (χ1v) is 6.84. The Morgan fingerprint density at radius 1 is 1.16 bits per heavy atom. The smallest absolute Gasteiger partial charge is 0.0463 e. The van der Waals surface area contributed by atoms with Crippen LogP contribution in [0.25, 0.3) is 0 Å². The molecule has 2 aromatic rings. The van der Waals surface area contributed by atoms with Crippen LogP contribution in [0.3, 0.4) is 0 Å². The molecule has 0 bridgehead atoms. The molecule has 0 saturated carbocycles. The van der Waals surface area contributed by atoms with Crippen molar-refractivity contribution < 1.29 is 0 Å². The van der Waals surface area contributed by atoms with Gasteiger partial charge in [0.1, 0.15) is 0 Å². The van der Waals surface area contributed by atoms with Crippen LogP contribution in [0.2, 0.25) is 5.02 Å². The fraction of sp³-hybridized carbons (Fsp3) is 0.250. The van der Waals surface area contributed by atoms with Crippen LogP contribution in [0.4, 0.5) is 0 Å². The molecule has 0 aromatic heterocycles. The highest BCUT2D eigenvalue weighted by atomic mass is 35.5. The lowest BCUT2D eigenvalue weighted by Crippen LogP contribution is -2.28. The summed E-state index contributed by atoms with van der Waals surface area (Å²) in [5, 5.41) is 0.748. The first-order chi connectivity index (χ1) is 9.19. The van der Waals surface area contributed by atoms with Crippen molar-refractivity contribution in [3.05, 3.63) is 70.2 Å². The van der Waals surface area contributed by atoms with Crippen molar-refractivity contribution in [2.24, 2.45) is 5.84 Å². The highest BCUT2D eigenvalue weighted by Crippen LogP contribution is 2.20. The molecular formula is C16H19ClN2. The summed E-state index contributed by atoms with van der Waals surface area (Å²) in [5.41, 5.74) is 6.68. The van der Waals surface area contributed by atoms with Crippen molar-refractivity contribution >= 4 is 11.6 Å². The molecule has 1 unspecified atom stereocenters. The van der Waals surface area contributed by atoms with Crippen molar-refractivity contribution in [3.8, 4) is 0 Å². The van der Waals surface area contributed by atoms with Crippen molar-refractivity contribution in [1.82, 2.24) is 5.43 Å². The Hall–Kier alpha value is -1.35. The van der Waals surface area contributed by atoms with Crippen LogP contribution in [0.15, 0.2) is 48.5 Å². The van der Waals surface area contributed by atoms with Crippen molar-refractivity contribution in [1.29, 1.82) is 0 Å². The molecule has 0 aliphatic rings. The van der Waals surface area contributed by atoms with Crippen LogP contribution in [0.5, 0.6) is 0 Å². The molecule has 0 fully saturated rings. The normalized spacial score (nSPS) is 12.4. The van der Waals surface area contributed by atoms with E-state index in [9.17, 15) is 0 Å². The van der Waals surface area contributed by atoms with E-state index in [1.807, 2.05) is 24.3 Å². The molecule has 0 heterocycles. The zero-order chi connectivity index (χ0) is 13.7. The van der Waals surface area contributed by atoms with E-state index in [-0.39, 0.29) is 6.04 Å². The molecule has 2 aromatic carbocycles. The van der Waals surface area contributed by atoms with Crippen LogP contribution in [-0.4, -0.2) is 0 Å². The number of hydrogen-bond acceptors (Lipinski definition) is 2. The Kier molecular flexibility index (Phi) is 4.97. The van der Waals surface area contributed by atoms with E-state index in [4.69, 9.17) is 17.4 Å². The lowest BCUT2D eigenvalue weighted by molar-refractivity contribution is 0.516. The summed E-state index contributed by atoms with van der Waals surface area (Å²) in [5.74, 6) is 5.65. The molecule has 0 radical (unpaired) electrons. The fourth-order valence-corrected chi connectivity index (χ4v) is 2.35. The number of rotatable bonds is 5. The lowest BCUT2D eigenvalue weighted by Gasteiger charge is -2.16. The van der Waals surface area contributed by atoms with Gasteiger partial charge in [0.15, 0.2) is 0 Å². The summed E-state index contributed by atoms with van der Waals surface area (Å²) in [4.78, 5) is 0. The molecule has 0 saturated heterocycles. The van der Waals surface area contributed by atoms with Crippen LogP contribution >= 0.6 is 11.6 Å². The molecule has 2 nitrogen and oxygen atoms in total. The minimum Gasteiger partial charge on any atom is -0.271 e. The third-order valence-corrected chi connectivity index (χ3v) is 3.53. The molecule has 1 atom stereocenters. The Morgan fingerprint density at radius 3 is 2.53 bits per heavy atom. The third kappa shape index (κ3) is 4.06. The molecule has 19 heavy (non-hydrogen) atoms.